The molecule has 2 aromatic rings. The topological polar surface area (TPSA) is 67.6 Å². The maximum Gasteiger partial charge on any atom is 0.323 e. The van der Waals surface area contributed by atoms with Crippen molar-refractivity contribution in [3.63, 3.8) is 0 Å². The standard InChI is InChI=1S/C24H35N3O3/c1-2-3-4-5-6-7-8-15-30-21-9-10-22-20(11-13-26-14-12-25-19-26)17-27(18-24(28)29)23(22)16-21/h9-10,12,14,16,19-20H,2-8,11,13,15,17-18H2,1H3,(H,28,29). The molecule has 30 heavy (non-hydrogen) atoms. The molecule has 0 saturated heterocycles. The molecule has 0 bridgehead atoms. The summed E-state index contributed by atoms with van der Waals surface area (Å²) >= 11 is 0. The molecule has 1 atom stereocenters. The van der Waals surface area contributed by atoms with Crippen LogP contribution < -0.4 is 9.64 Å². The number of hydrogen-bond donors (Lipinski definition) is 1. The zero-order chi connectivity index (χ0) is 21.2. The van der Waals surface area contributed by atoms with E-state index in [-0.39, 0.29) is 6.54 Å². The van der Waals surface area contributed by atoms with Crippen LogP contribution in [0.15, 0.2) is 36.9 Å². The lowest BCUT2D eigenvalue weighted by atomic mass is 9.98. The van der Waals surface area contributed by atoms with Crippen LogP contribution in [0.25, 0.3) is 0 Å². The lowest BCUT2D eigenvalue weighted by molar-refractivity contribution is -0.135. The predicted molar refractivity (Wildman–Crippen MR) is 119 cm³/mol. The second kappa shape index (κ2) is 11.6. The Hall–Kier alpha value is -2.50. The predicted octanol–water partition coefficient (Wildman–Crippen LogP) is 5.09. The van der Waals surface area contributed by atoms with Crippen molar-refractivity contribution < 1.29 is 14.6 Å². The molecule has 1 unspecified atom stereocenters. The van der Waals surface area contributed by atoms with E-state index in [9.17, 15) is 9.90 Å². The van der Waals surface area contributed by atoms with Crippen molar-refractivity contribution in [1.82, 2.24) is 9.55 Å². The van der Waals surface area contributed by atoms with Gasteiger partial charge in [0, 0.05) is 43.2 Å². The van der Waals surface area contributed by atoms with Gasteiger partial charge in [0.15, 0.2) is 0 Å². The van der Waals surface area contributed by atoms with Crippen LogP contribution in [0.2, 0.25) is 0 Å². The molecule has 0 aliphatic carbocycles. The van der Waals surface area contributed by atoms with Crippen molar-refractivity contribution in [2.24, 2.45) is 0 Å². The Kier molecular flexibility index (Phi) is 8.60. The largest absolute Gasteiger partial charge is 0.494 e. The first-order valence-corrected chi connectivity index (χ1v) is 11.4. The first-order chi connectivity index (χ1) is 14.7. The van der Waals surface area contributed by atoms with Crippen LogP contribution in [0.4, 0.5) is 5.69 Å². The number of ether oxygens (including phenoxy) is 1. The second-order valence-corrected chi connectivity index (χ2v) is 8.25. The minimum atomic E-state index is -0.800. The zero-order valence-corrected chi connectivity index (χ0v) is 18.1. The molecule has 6 heteroatoms. The van der Waals surface area contributed by atoms with Gasteiger partial charge in [0.1, 0.15) is 12.3 Å². The van der Waals surface area contributed by atoms with E-state index in [2.05, 4.69) is 22.5 Å². The third-order valence-electron chi connectivity index (χ3n) is 5.86. The van der Waals surface area contributed by atoms with Crippen molar-refractivity contribution in [3.8, 4) is 5.75 Å². The van der Waals surface area contributed by atoms with Gasteiger partial charge in [0.05, 0.1) is 12.9 Å². The first-order valence-electron chi connectivity index (χ1n) is 11.4. The molecule has 164 valence electrons. The molecule has 2 heterocycles. The molecule has 0 spiro atoms. The number of carboxylic acids is 1. The third kappa shape index (κ3) is 6.51. The Morgan fingerprint density at radius 1 is 1.20 bits per heavy atom. The third-order valence-corrected chi connectivity index (χ3v) is 5.86. The van der Waals surface area contributed by atoms with E-state index in [1.807, 2.05) is 29.6 Å². The number of aryl methyl sites for hydroxylation is 1. The fraction of sp³-hybridized carbons (Fsp3) is 0.583. The Morgan fingerprint density at radius 2 is 2.00 bits per heavy atom. The molecule has 1 aliphatic heterocycles. The summed E-state index contributed by atoms with van der Waals surface area (Å²) in [5.74, 6) is 0.356. The van der Waals surface area contributed by atoms with Crippen LogP contribution in [0.3, 0.4) is 0 Å². The summed E-state index contributed by atoms with van der Waals surface area (Å²) in [5.41, 5.74) is 2.23. The maximum atomic E-state index is 11.4. The first kappa shape index (κ1) is 22.2. The molecule has 3 rings (SSSR count). The van der Waals surface area contributed by atoms with Gasteiger partial charge in [-0.05, 0) is 24.5 Å². The van der Waals surface area contributed by atoms with Crippen LogP contribution in [0.5, 0.6) is 5.75 Å². The Labute approximate surface area is 179 Å². The van der Waals surface area contributed by atoms with E-state index < -0.39 is 5.97 Å². The molecule has 1 aromatic carbocycles. The van der Waals surface area contributed by atoms with Crippen molar-refractivity contribution in [3.05, 3.63) is 42.5 Å². The van der Waals surface area contributed by atoms with Gasteiger partial charge in [0.25, 0.3) is 0 Å². The van der Waals surface area contributed by atoms with Gasteiger partial charge in [-0.2, -0.15) is 0 Å². The average Bonchev–Trinajstić information content (AvgIpc) is 3.36. The van der Waals surface area contributed by atoms with Crippen LogP contribution in [0.1, 0.15) is 69.8 Å². The van der Waals surface area contributed by atoms with Crippen molar-refractivity contribution >= 4 is 11.7 Å². The summed E-state index contributed by atoms with van der Waals surface area (Å²) in [6.45, 7) is 4.59. The number of imidazole rings is 1. The summed E-state index contributed by atoms with van der Waals surface area (Å²) in [4.78, 5) is 17.4. The number of aromatic nitrogens is 2. The normalized spacial score (nSPS) is 15.4. The molecule has 1 aliphatic rings. The van der Waals surface area contributed by atoms with E-state index in [1.54, 1.807) is 6.20 Å². The van der Waals surface area contributed by atoms with Crippen LogP contribution in [-0.4, -0.2) is 40.3 Å². The van der Waals surface area contributed by atoms with E-state index in [4.69, 9.17) is 4.74 Å². The number of carbonyl (C=O) groups is 1. The molecule has 0 radical (unpaired) electrons. The number of carboxylic acid groups (broad SMARTS) is 1. The monoisotopic (exact) mass is 413 g/mol. The summed E-state index contributed by atoms with van der Waals surface area (Å²) in [6.07, 6.45) is 15.3. The minimum absolute atomic E-state index is 0.0236. The average molecular weight is 414 g/mol. The van der Waals surface area contributed by atoms with Crippen molar-refractivity contribution in [2.45, 2.75) is 70.8 Å². The molecular formula is C24H35N3O3. The highest BCUT2D eigenvalue weighted by Gasteiger charge is 2.30. The van der Waals surface area contributed by atoms with Crippen molar-refractivity contribution in [2.75, 3.05) is 24.6 Å². The fourth-order valence-electron chi connectivity index (χ4n) is 4.23. The molecule has 0 fully saturated rings. The molecule has 1 aromatic heterocycles. The van der Waals surface area contributed by atoms with Gasteiger partial charge < -0.3 is 19.3 Å². The van der Waals surface area contributed by atoms with E-state index >= 15 is 0 Å². The lowest BCUT2D eigenvalue weighted by Crippen LogP contribution is -2.28. The summed E-state index contributed by atoms with van der Waals surface area (Å²) in [5, 5.41) is 9.33. The Bertz CT molecular complexity index is 776. The van der Waals surface area contributed by atoms with Gasteiger partial charge in [-0.1, -0.05) is 51.5 Å². The Balaban J connectivity index is 1.53. The van der Waals surface area contributed by atoms with Gasteiger partial charge in [-0.25, -0.2) is 4.98 Å². The number of rotatable bonds is 14. The van der Waals surface area contributed by atoms with Gasteiger partial charge >= 0.3 is 5.97 Å². The highest BCUT2D eigenvalue weighted by atomic mass is 16.5. The number of hydrogen-bond acceptors (Lipinski definition) is 4. The summed E-state index contributed by atoms with van der Waals surface area (Å²) in [6, 6.07) is 6.18. The molecule has 6 nitrogen and oxygen atoms in total. The quantitative estimate of drug-likeness (QED) is 0.437. The van der Waals surface area contributed by atoms with Crippen molar-refractivity contribution in [1.29, 1.82) is 0 Å². The smallest absolute Gasteiger partial charge is 0.323 e. The van der Waals surface area contributed by atoms with Gasteiger partial charge in [-0.3, -0.25) is 4.79 Å². The van der Waals surface area contributed by atoms with Crippen LogP contribution in [0, 0.1) is 0 Å². The second-order valence-electron chi connectivity index (χ2n) is 8.25. The number of anilines is 1. The highest BCUT2D eigenvalue weighted by molar-refractivity contribution is 5.76. The summed E-state index contributed by atoms with van der Waals surface area (Å²) < 4.78 is 8.05. The van der Waals surface area contributed by atoms with Crippen LogP contribution >= 0.6 is 0 Å². The zero-order valence-electron chi connectivity index (χ0n) is 18.1. The van der Waals surface area contributed by atoms with Gasteiger partial charge in [0.2, 0.25) is 0 Å². The molecule has 0 saturated carbocycles. The maximum absolute atomic E-state index is 11.4. The van der Waals surface area contributed by atoms with Crippen LogP contribution in [-0.2, 0) is 11.3 Å². The SMILES string of the molecule is CCCCCCCCCOc1ccc2c(c1)N(CC(=O)O)CC2CCn1ccnc1. The number of nitrogens with zero attached hydrogens (tertiary/aromatic N) is 3. The number of benzene rings is 1. The number of fused-ring (bicyclic) bond motifs is 1. The van der Waals surface area contributed by atoms with Gasteiger partial charge in [-0.15, -0.1) is 0 Å². The Morgan fingerprint density at radius 3 is 2.73 bits per heavy atom. The summed E-state index contributed by atoms with van der Waals surface area (Å²) in [7, 11) is 0. The number of unbranched alkanes of at least 4 members (excludes halogenated alkanes) is 6. The number of aliphatic carboxylic acids is 1. The molecular weight excluding hydrogens is 378 g/mol. The molecule has 1 N–H and O–H groups in total. The molecule has 0 amide bonds. The van der Waals surface area contributed by atoms with E-state index in [0.717, 1.165) is 44.0 Å². The van der Waals surface area contributed by atoms with E-state index in [0.29, 0.717) is 5.92 Å². The highest BCUT2D eigenvalue weighted by Crippen LogP contribution is 2.40. The fourth-order valence-corrected chi connectivity index (χ4v) is 4.23. The minimum Gasteiger partial charge on any atom is -0.494 e. The lowest BCUT2D eigenvalue weighted by Gasteiger charge is -2.18. The van der Waals surface area contributed by atoms with E-state index in [1.165, 1.54) is 44.1 Å².